The third-order valence-electron chi connectivity index (χ3n) is 6.25. The van der Waals surface area contributed by atoms with E-state index in [1.165, 1.54) is 12.1 Å². The van der Waals surface area contributed by atoms with Crippen LogP contribution < -0.4 is 21.1 Å². The molecule has 0 spiro atoms. The molecule has 40 heavy (non-hydrogen) atoms. The van der Waals surface area contributed by atoms with Gasteiger partial charge in [0.05, 0.1) is 10.4 Å². The number of sulfonamides is 1. The molecule has 0 atom stereocenters. The Morgan fingerprint density at radius 2 is 1.60 bits per heavy atom. The number of fused-ring (bicyclic) bond motifs is 1. The Hall–Kier alpha value is -4.23. The van der Waals surface area contributed by atoms with E-state index < -0.39 is 22.7 Å². The maximum absolute atomic E-state index is 13.1. The van der Waals surface area contributed by atoms with Crippen LogP contribution in [0.1, 0.15) is 28.8 Å². The zero-order valence-electron chi connectivity index (χ0n) is 21.0. The molecule has 0 saturated heterocycles. The Morgan fingerprint density at radius 3 is 2.23 bits per heavy atom. The second kappa shape index (κ2) is 10.7. The van der Waals surface area contributed by atoms with E-state index in [1.54, 1.807) is 54.6 Å². The van der Waals surface area contributed by atoms with E-state index >= 15 is 0 Å². The molecule has 1 aliphatic rings. The minimum absolute atomic E-state index is 0.00307. The number of carbonyl (C=O) groups is 1. The maximum atomic E-state index is 13.1. The Morgan fingerprint density at radius 1 is 0.925 bits per heavy atom. The first-order valence-electron chi connectivity index (χ1n) is 12.3. The summed E-state index contributed by atoms with van der Waals surface area (Å²) in [5.74, 6) is -0.0526. The molecule has 1 saturated carbocycles. The van der Waals surface area contributed by atoms with Crippen LogP contribution in [0, 0.1) is 0 Å². The van der Waals surface area contributed by atoms with Crippen LogP contribution in [-0.2, 0) is 16.6 Å². The van der Waals surface area contributed by atoms with Gasteiger partial charge in [0.15, 0.2) is 0 Å². The van der Waals surface area contributed by atoms with Gasteiger partial charge < -0.3 is 16.0 Å². The molecule has 1 aliphatic carbocycles. The number of alkyl halides is 3. The lowest BCUT2D eigenvalue weighted by Gasteiger charge is -2.14. The molecule has 1 aromatic heterocycles. The monoisotopic (exact) mass is 570 g/mol. The molecule has 4 aromatic rings. The molecule has 0 bridgehead atoms. The number of nitrogens with one attached hydrogen (secondary N) is 3. The molecule has 5 N–H and O–H groups in total. The number of halogens is 3. The van der Waals surface area contributed by atoms with Crippen molar-refractivity contribution in [1.82, 2.24) is 15.3 Å². The molecule has 208 valence electrons. The van der Waals surface area contributed by atoms with Gasteiger partial charge in [0.25, 0.3) is 5.91 Å². The zero-order chi connectivity index (χ0) is 28.5. The molecule has 3 aromatic carbocycles. The third-order valence-corrected chi connectivity index (χ3v) is 7.18. The number of primary sulfonamides is 1. The second-order valence-corrected chi connectivity index (χ2v) is 11.0. The summed E-state index contributed by atoms with van der Waals surface area (Å²) in [4.78, 5) is 21.0. The first-order chi connectivity index (χ1) is 18.9. The standard InChI is InChI=1S/C27H25F3N6O3S/c28-27(29,30)15-33-24-22-13-19(17-3-5-18(6-4-17)25(37)34-20-8-9-20)7-12-23(22)35-26(36-24)32-14-16-1-10-21(11-2-16)40(31,38)39/h1-7,10-13,20H,8-9,14-15H2,(H,34,37)(H2,31,38,39)(H2,32,33,35,36). The normalized spacial score (nSPS) is 13.7. The number of rotatable bonds is 9. The van der Waals surface area contributed by atoms with Gasteiger partial charge in [0.2, 0.25) is 16.0 Å². The highest BCUT2D eigenvalue weighted by Crippen LogP contribution is 2.30. The van der Waals surface area contributed by atoms with Crippen LogP contribution in [0.3, 0.4) is 0 Å². The van der Waals surface area contributed by atoms with Gasteiger partial charge in [0, 0.05) is 23.5 Å². The van der Waals surface area contributed by atoms with Gasteiger partial charge in [0.1, 0.15) is 12.4 Å². The van der Waals surface area contributed by atoms with Gasteiger partial charge in [-0.1, -0.05) is 30.3 Å². The topological polar surface area (TPSA) is 139 Å². The van der Waals surface area contributed by atoms with Crippen LogP contribution in [0.2, 0.25) is 0 Å². The maximum Gasteiger partial charge on any atom is 0.405 e. The summed E-state index contributed by atoms with van der Waals surface area (Å²) in [6.45, 7) is -1.10. The van der Waals surface area contributed by atoms with Gasteiger partial charge in [-0.15, -0.1) is 0 Å². The summed E-state index contributed by atoms with van der Waals surface area (Å²) in [5, 5.41) is 13.8. The fraction of sp³-hybridized carbons (Fsp3) is 0.222. The quantitative estimate of drug-likeness (QED) is 0.234. The lowest BCUT2D eigenvalue weighted by atomic mass is 10.0. The van der Waals surface area contributed by atoms with Crippen LogP contribution in [0.5, 0.6) is 0 Å². The van der Waals surface area contributed by atoms with Crippen molar-refractivity contribution in [1.29, 1.82) is 0 Å². The summed E-state index contributed by atoms with van der Waals surface area (Å²) in [6.07, 6.45) is -2.50. The van der Waals surface area contributed by atoms with Gasteiger partial charge in [-0.2, -0.15) is 18.2 Å². The van der Waals surface area contributed by atoms with Crippen molar-refractivity contribution in [2.45, 2.75) is 36.5 Å². The first kappa shape index (κ1) is 27.3. The Labute approximate surface area is 228 Å². The van der Waals surface area contributed by atoms with Crippen molar-refractivity contribution in [2.75, 3.05) is 17.2 Å². The van der Waals surface area contributed by atoms with Gasteiger partial charge in [-0.25, -0.2) is 18.5 Å². The predicted octanol–water partition coefficient (Wildman–Crippen LogP) is 4.42. The zero-order valence-corrected chi connectivity index (χ0v) is 21.8. The van der Waals surface area contributed by atoms with Crippen molar-refractivity contribution in [3.05, 3.63) is 77.9 Å². The van der Waals surface area contributed by atoms with Gasteiger partial charge in [-0.05, 0) is 65.9 Å². The summed E-state index contributed by atoms with van der Waals surface area (Å²) in [6, 6.07) is 18.2. The van der Waals surface area contributed by atoms with Crippen LogP contribution in [0.15, 0.2) is 71.6 Å². The molecule has 1 fully saturated rings. The van der Waals surface area contributed by atoms with E-state index in [1.807, 2.05) is 0 Å². The van der Waals surface area contributed by atoms with Crippen molar-refractivity contribution in [3.63, 3.8) is 0 Å². The lowest BCUT2D eigenvalue weighted by Crippen LogP contribution is -2.25. The lowest BCUT2D eigenvalue weighted by molar-refractivity contribution is -0.115. The number of anilines is 2. The molecular weight excluding hydrogens is 545 g/mol. The number of nitrogens with two attached hydrogens (primary N) is 1. The fourth-order valence-electron chi connectivity index (χ4n) is 3.99. The summed E-state index contributed by atoms with van der Waals surface area (Å²) < 4.78 is 62.1. The number of hydrogen-bond donors (Lipinski definition) is 4. The summed E-state index contributed by atoms with van der Waals surface area (Å²) >= 11 is 0. The molecule has 13 heteroatoms. The highest BCUT2D eigenvalue weighted by molar-refractivity contribution is 7.89. The Kier molecular flexibility index (Phi) is 7.34. The number of benzene rings is 3. The number of aromatic nitrogens is 2. The van der Waals surface area contributed by atoms with E-state index in [2.05, 4.69) is 25.9 Å². The van der Waals surface area contributed by atoms with Crippen molar-refractivity contribution >= 4 is 38.6 Å². The molecule has 5 rings (SSSR count). The average Bonchev–Trinajstić information content (AvgIpc) is 3.73. The van der Waals surface area contributed by atoms with Gasteiger partial charge >= 0.3 is 6.18 Å². The minimum atomic E-state index is -4.47. The van der Waals surface area contributed by atoms with Crippen LogP contribution in [0.4, 0.5) is 24.9 Å². The SMILES string of the molecule is NS(=O)(=O)c1ccc(CNc2nc(NCC(F)(F)F)c3cc(-c4ccc(C(=O)NC5CC5)cc4)ccc3n2)cc1. The largest absolute Gasteiger partial charge is 0.405 e. The Balaban J connectivity index is 1.40. The minimum Gasteiger partial charge on any atom is -0.360 e. The molecule has 0 radical (unpaired) electrons. The van der Waals surface area contributed by atoms with Crippen molar-refractivity contribution in [2.24, 2.45) is 5.14 Å². The second-order valence-electron chi connectivity index (χ2n) is 9.46. The van der Waals surface area contributed by atoms with Crippen LogP contribution in [0.25, 0.3) is 22.0 Å². The van der Waals surface area contributed by atoms with Crippen molar-refractivity contribution < 1.29 is 26.4 Å². The molecule has 1 heterocycles. The molecular formula is C27H25F3N6O3S. The average molecular weight is 571 g/mol. The third kappa shape index (κ3) is 6.85. The Bertz CT molecular complexity index is 1660. The van der Waals surface area contributed by atoms with E-state index in [4.69, 9.17) is 5.14 Å². The number of nitrogens with zero attached hydrogens (tertiary/aromatic N) is 2. The smallest absolute Gasteiger partial charge is 0.360 e. The van der Waals surface area contributed by atoms with Crippen LogP contribution >= 0.6 is 0 Å². The number of hydrogen-bond acceptors (Lipinski definition) is 7. The highest BCUT2D eigenvalue weighted by Gasteiger charge is 2.27. The van der Waals surface area contributed by atoms with E-state index in [0.717, 1.165) is 24.0 Å². The molecule has 1 amide bonds. The van der Waals surface area contributed by atoms with E-state index in [-0.39, 0.29) is 35.2 Å². The molecule has 0 unspecified atom stereocenters. The van der Waals surface area contributed by atoms with Gasteiger partial charge in [-0.3, -0.25) is 4.79 Å². The first-order valence-corrected chi connectivity index (χ1v) is 13.9. The van der Waals surface area contributed by atoms with E-state index in [9.17, 15) is 26.4 Å². The van der Waals surface area contributed by atoms with Crippen molar-refractivity contribution in [3.8, 4) is 11.1 Å². The van der Waals surface area contributed by atoms with E-state index in [0.29, 0.717) is 22.0 Å². The molecule has 9 nitrogen and oxygen atoms in total. The molecule has 0 aliphatic heterocycles. The number of amides is 1. The summed E-state index contributed by atoms with van der Waals surface area (Å²) in [7, 11) is -3.83. The number of carbonyl (C=O) groups excluding carboxylic acids is 1. The van der Waals surface area contributed by atoms with Crippen LogP contribution in [-0.4, -0.2) is 43.1 Å². The highest BCUT2D eigenvalue weighted by atomic mass is 32.2. The summed E-state index contributed by atoms with van der Waals surface area (Å²) in [5.41, 5.74) is 3.12. The predicted molar refractivity (Wildman–Crippen MR) is 145 cm³/mol. The fourth-order valence-corrected chi connectivity index (χ4v) is 4.51.